The maximum Gasteiger partial charge on any atom is 0.255 e. The molecule has 11 heteroatoms. The molecule has 0 radical (unpaired) electrons. The number of Topliss-reactive ketones (excluding diaryl/α,β-unsaturated/α-hetero) is 2. The highest BCUT2D eigenvalue weighted by Crippen LogP contribution is 2.53. The van der Waals surface area contributed by atoms with E-state index < -0.39 is 58.0 Å². The minimum absolute atomic E-state index is 0.0221. The number of fused-ring (bicyclic) bond motifs is 3. The van der Waals surface area contributed by atoms with Crippen LogP contribution in [0.5, 0.6) is 5.75 Å². The number of likely N-dealkylation sites (tertiary alicyclic amines) is 1. The number of piperidine rings is 1. The maximum absolute atomic E-state index is 13.8. The number of likely N-dealkylation sites (N-methyl/N-ethyl adjacent to an activating group) is 1. The SMILES string of the molecule is C[C@@H]1C[C@H](C)CN(Cc2cc(O)c3c(c2Cl)C[C@H]2C[C@H]4[C@H](N(C)C)C(O)=C(C(N)=O)C(=O)[C@@]4(O)C(O)=C2C3=O)C1. The minimum atomic E-state index is -2.66. The van der Waals surface area contributed by atoms with Crippen molar-refractivity contribution in [2.24, 2.45) is 29.4 Å². The molecule has 0 unspecified atom stereocenters. The van der Waals surface area contributed by atoms with Gasteiger partial charge in [0.1, 0.15) is 22.8 Å². The molecule has 1 fully saturated rings. The predicted octanol–water partition coefficient (Wildman–Crippen LogP) is 2.25. The van der Waals surface area contributed by atoms with Crippen molar-refractivity contribution < 1.29 is 34.8 Å². The fourth-order valence-corrected chi connectivity index (χ4v) is 7.92. The molecule has 1 aliphatic heterocycles. The van der Waals surface area contributed by atoms with Crippen LogP contribution in [0.1, 0.15) is 48.2 Å². The van der Waals surface area contributed by atoms with Gasteiger partial charge in [0.05, 0.1) is 11.6 Å². The van der Waals surface area contributed by atoms with Gasteiger partial charge in [-0.1, -0.05) is 25.4 Å². The molecule has 0 aromatic heterocycles. The number of rotatable bonds is 4. The minimum Gasteiger partial charge on any atom is -0.510 e. The van der Waals surface area contributed by atoms with Crippen LogP contribution < -0.4 is 5.73 Å². The summed E-state index contributed by atoms with van der Waals surface area (Å²) in [7, 11) is 3.19. The quantitative estimate of drug-likeness (QED) is 0.340. The van der Waals surface area contributed by atoms with Crippen LogP contribution in [0.25, 0.3) is 0 Å². The lowest BCUT2D eigenvalue weighted by Gasteiger charge is -2.50. The van der Waals surface area contributed by atoms with Crippen molar-refractivity contribution in [2.45, 2.75) is 51.3 Å². The second-order valence-electron chi connectivity index (χ2n) is 12.3. The second-order valence-corrected chi connectivity index (χ2v) is 12.7. The number of aromatic hydroxyl groups is 1. The monoisotopic (exact) mass is 573 g/mol. The number of carbonyl (C=O) groups is 3. The molecule has 0 bridgehead atoms. The third kappa shape index (κ3) is 4.15. The van der Waals surface area contributed by atoms with E-state index in [0.717, 1.165) is 19.5 Å². The maximum atomic E-state index is 13.8. The van der Waals surface area contributed by atoms with E-state index in [9.17, 15) is 34.8 Å². The lowest BCUT2D eigenvalue weighted by atomic mass is 9.58. The van der Waals surface area contributed by atoms with Crippen LogP contribution in [0.3, 0.4) is 0 Å². The van der Waals surface area contributed by atoms with Gasteiger partial charge in [-0.2, -0.15) is 0 Å². The molecule has 4 aliphatic rings. The van der Waals surface area contributed by atoms with Crippen LogP contribution in [0.4, 0.5) is 0 Å². The highest BCUT2D eigenvalue weighted by atomic mass is 35.5. The van der Waals surface area contributed by atoms with Gasteiger partial charge in [-0.3, -0.25) is 24.2 Å². The summed E-state index contributed by atoms with van der Waals surface area (Å²) in [6, 6.07) is 0.435. The summed E-state index contributed by atoms with van der Waals surface area (Å²) in [4.78, 5) is 43.1. The number of nitrogens with zero attached hydrogens (tertiary/aromatic N) is 2. The van der Waals surface area contributed by atoms with Crippen LogP contribution in [0.2, 0.25) is 5.02 Å². The summed E-state index contributed by atoms with van der Waals surface area (Å²) in [6.45, 7) is 6.70. The fourth-order valence-electron chi connectivity index (χ4n) is 7.63. The standard InChI is InChI=1S/C29H36ClN3O7/c1-12-5-13(2)10-33(9-12)11-15-8-18(34)20-16(22(15)30)6-14-7-17-23(32(3)4)25(36)21(28(31)39)27(38)29(17,40)26(37)19(14)24(20)35/h8,12-14,17,23,34,36-37,40H,5-7,9-11H2,1-4H3,(H2,31,39)/t12-,13+,14-,17-,23-,29-/m0/s1. The molecular weight excluding hydrogens is 538 g/mol. The molecule has 216 valence electrons. The molecule has 40 heavy (non-hydrogen) atoms. The number of halogens is 1. The first-order valence-corrected chi connectivity index (χ1v) is 14.0. The van der Waals surface area contributed by atoms with E-state index in [-0.39, 0.29) is 29.7 Å². The molecule has 1 amide bonds. The highest BCUT2D eigenvalue weighted by Gasteiger charge is 2.63. The number of amides is 1. The molecule has 5 rings (SSSR count). The van der Waals surface area contributed by atoms with Crippen molar-refractivity contribution in [3.05, 3.63) is 50.4 Å². The number of phenols is 1. The third-order valence-corrected chi connectivity index (χ3v) is 9.54. The van der Waals surface area contributed by atoms with Crippen molar-refractivity contribution in [1.82, 2.24) is 9.80 Å². The zero-order valence-corrected chi connectivity index (χ0v) is 23.8. The fraction of sp³-hybridized carbons (Fsp3) is 0.552. The average molecular weight is 574 g/mol. The zero-order valence-electron chi connectivity index (χ0n) is 23.1. The Morgan fingerprint density at radius 3 is 2.35 bits per heavy atom. The molecule has 0 saturated carbocycles. The van der Waals surface area contributed by atoms with Gasteiger partial charge in [0.15, 0.2) is 11.4 Å². The summed E-state index contributed by atoms with van der Waals surface area (Å²) in [6.07, 6.45) is 1.33. The van der Waals surface area contributed by atoms with Crippen molar-refractivity contribution in [2.75, 3.05) is 27.2 Å². The van der Waals surface area contributed by atoms with Crippen LogP contribution in [0.15, 0.2) is 28.7 Å². The van der Waals surface area contributed by atoms with E-state index in [1.807, 2.05) is 0 Å². The van der Waals surface area contributed by atoms with Crippen molar-refractivity contribution in [3.63, 3.8) is 0 Å². The van der Waals surface area contributed by atoms with Gasteiger partial charge in [0.2, 0.25) is 5.78 Å². The van der Waals surface area contributed by atoms with E-state index in [0.29, 0.717) is 34.5 Å². The lowest BCUT2D eigenvalue weighted by Crippen LogP contribution is -2.63. The Bertz CT molecular complexity index is 1380. The molecule has 1 aromatic rings. The molecule has 3 aliphatic carbocycles. The summed E-state index contributed by atoms with van der Waals surface area (Å²) in [5.74, 6) is -5.72. The Labute approximate surface area is 237 Å². The van der Waals surface area contributed by atoms with E-state index in [1.165, 1.54) is 11.0 Å². The van der Waals surface area contributed by atoms with Gasteiger partial charge in [-0.25, -0.2) is 0 Å². The molecule has 1 aromatic carbocycles. The smallest absolute Gasteiger partial charge is 0.255 e. The van der Waals surface area contributed by atoms with Crippen LogP contribution >= 0.6 is 11.6 Å². The first-order valence-electron chi connectivity index (χ1n) is 13.6. The molecular formula is C29H36ClN3O7. The molecule has 6 atom stereocenters. The van der Waals surface area contributed by atoms with E-state index >= 15 is 0 Å². The van der Waals surface area contributed by atoms with E-state index in [2.05, 4.69) is 18.7 Å². The first-order chi connectivity index (χ1) is 18.7. The number of hydrogen-bond acceptors (Lipinski definition) is 9. The van der Waals surface area contributed by atoms with Crippen molar-refractivity contribution in [3.8, 4) is 5.75 Å². The Morgan fingerprint density at radius 1 is 1.15 bits per heavy atom. The average Bonchev–Trinajstić information content (AvgIpc) is 2.83. The normalized spacial score (nSPS) is 32.7. The topological polar surface area (TPSA) is 165 Å². The summed E-state index contributed by atoms with van der Waals surface area (Å²) < 4.78 is 0. The van der Waals surface area contributed by atoms with Crippen molar-refractivity contribution in [1.29, 1.82) is 0 Å². The van der Waals surface area contributed by atoms with Gasteiger partial charge in [-0.05, 0) is 68.3 Å². The number of aliphatic hydroxyl groups excluding tert-OH is 2. The van der Waals surface area contributed by atoms with E-state index in [1.54, 1.807) is 14.1 Å². The third-order valence-electron chi connectivity index (χ3n) is 9.07. The first kappa shape index (κ1) is 28.6. The largest absolute Gasteiger partial charge is 0.510 e. The predicted molar refractivity (Wildman–Crippen MR) is 147 cm³/mol. The Morgan fingerprint density at radius 2 is 1.77 bits per heavy atom. The van der Waals surface area contributed by atoms with Crippen LogP contribution in [-0.4, -0.2) is 86.5 Å². The van der Waals surface area contributed by atoms with Gasteiger partial charge in [0, 0.05) is 36.1 Å². The number of carbonyl (C=O) groups excluding carboxylic acids is 3. The molecule has 0 spiro atoms. The molecule has 10 nitrogen and oxygen atoms in total. The van der Waals surface area contributed by atoms with Gasteiger partial charge in [-0.15, -0.1) is 0 Å². The molecule has 6 N–H and O–H groups in total. The van der Waals surface area contributed by atoms with Gasteiger partial charge in [0.25, 0.3) is 5.91 Å². The molecule has 1 saturated heterocycles. The number of hydrogen-bond donors (Lipinski definition) is 5. The number of allylic oxidation sites excluding steroid dienone is 1. The van der Waals surface area contributed by atoms with E-state index in [4.69, 9.17) is 17.3 Å². The van der Waals surface area contributed by atoms with Gasteiger partial charge >= 0.3 is 0 Å². The second kappa shape index (κ2) is 9.87. The summed E-state index contributed by atoms with van der Waals surface area (Å²) >= 11 is 6.89. The summed E-state index contributed by atoms with van der Waals surface area (Å²) in [5, 5.41) is 45.3. The van der Waals surface area contributed by atoms with Gasteiger partial charge < -0.3 is 26.2 Å². The number of phenolic OH excluding ortho intramolecular Hbond substituents is 1. The van der Waals surface area contributed by atoms with Crippen molar-refractivity contribution >= 4 is 29.1 Å². The number of primary amides is 1. The van der Waals surface area contributed by atoms with Crippen LogP contribution in [-0.2, 0) is 22.6 Å². The highest BCUT2D eigenvalue weighted by molar-refractivity contribution is 6.33. The Balaban J connectivity index is 1.60. The van der Waals surface area contributed by atoms with Crippen LogP contribution in [0, 0.1) is 23.7 Å². The number of nitrogens with two attached hydrogens (primary N) is 1. The Hall–Kier alpha value is -2.92. The summed E-state index contributed by atoms with van der Waals surface area (Å²) in [5.41, 5.74) is 2.76. The lowest BCUT2D eigenvalue weighted by molar-refractivity contribution is -0.148. The zero-order chi connectivity index (χ0) is 29.4. The number of ketones is 2. The Kier molecular flexibility index (Phi) is 7.06. The number of aliphatic hydroxyl groups is 3. The number of benzene rings is 1. The molecule has 1 heterocycles.